The van der Waals surface area contributed by atoms with Crippen LogP contribution in [0.5, 0.6) is 0 Å². The van der Waals surface area contributed by atoms with Gasteiger partial charge in [0.25, 0.3) is 5.91 Å². The molecule has 34 heavy (non-hydrogen) atoms. The number of carbonyl (C=O) groups excluding carboxylic acids is 1. The summed E-state index contributed by atoms with van der Waals surface area (Å²) in [6.45, 7) is 2.56. The van der Waals surface area contributed by atoms with E-state index in [-0.39, 0.29) is 11.9 Å². The summed E-state index contributed by atoms with van der Waals surface area (Å²) in [5.41, 5.74) is 2.45. The first-order chi connectivity index (χ1) is 16.3. The van der Waals surface area contributed by atoms with Crippen LogP contribution in [0.15, 0.2) is 54.2 Å². The molecule has 0 spiro atoms. The Bertz CT molecular complexity index is 1350. The van der Waals surface area contributed by atoms with E-state index in [0.29, 0.717) is 30.2 Å². The molecule has 0 bridgehead atoms. The highest BCUT2D eigenvalue weighted by molar-refractivity contribution is 7.13. The van der Waals surface area contributed by atoms with Crippen molar-refractivity contribution in [1.29, 1.82) is 0 Å². The maximum absolute atomic E-state index is 12.5. The number of hydrogen-bond acceptors (Lipinski definition) is 8. The number of rotatable bonds is 6. The van der Waals surface area contributed by atoms with Crippen molar-refractivity contribution in [2.75, 3.05) is 18.9 Å². The highest BCUT2D eigenvalue weighted by Crippen LogP contribution is 2.35. The summed E-state index contributed by atoms with van der Waals surface area (Å²) in [4.78, 5) is 27.8. The van der Waals surface area contributed by atoms with Crippen LogP contribution < -0.4 is 5.32 Å². The van der Waals surface area contributed by atoms with Crippen molar-refractivity contribution in [3.63, 3.8) is 0 Å². The van der Waals surface area contributed by atoms with Crippen LogP contribution in [0.25, 0.3) is 22.0 Å². The van der Waals surface area contributed by atoms with Crippen molar-refractivity contribution in [1.82, 2.24) is 29.6 Å². The number of benzene rings is 1. The number of carbonyl (C=O) groups is 1. The first-order valence-electron chi connectivity index (χ1n) is 11.0. The number of anilines is 1. The Morgan fingerprint density at radius 3 is 2.74 bits per heavy atom. The van der Waals surface area contributed by atoms with E-state index >= 15 is 0 Å². The molecule has 0 aliphatic carbocycles. The highest BCUT2D eigenvalue weighted by Gasteiger charge is 2.45. The smallest absolute Gasteiger partial charge is 0.258 e. The quantitative estimate of drug-likeness (QED) is 0.441. The molecule has 2 N–H and O–H groups in total. The number of likely N-dealkylation sites (tertiary alicyclic amines) is 1. The lowest BCUT2D eigenvalue weighted by Gasteiger charge is -2.21. The Balaban J connectivity index is 1.38. The van der Waals surface area contributed by atoms with Gasteiger partial charge in [0.1, 0.15) is 10.7 Å². The Hall–Kier alpha value is -3.63. The lowest BCUT2D eigenvalue weighted by atomic mass is 9.90. The zero-order chi connectivity index (χ0) is 23.9. The normalized spacial score (nSPS) is 18.9. The molecule has 1 amide bonds. The fourth-order valence-electron chi connectivity index (χ4n) is 4.21. The summed E-state index contributed by atoms with van der Waals surface area (Å²) in [6.07, 6.45) is 3.85. The van der Waals surface area contributed by atoms with Gasteiger partial charge in [-0.2, -0.15) is 5.10 Å². The average Bonchev–Trinajstić information content (AvgIpc) is 3.57. The molecule has 0 unspecified atom stereocenters. The maximum atomic E-state index is 12.5. The number of aromatic nitrogens is 5. The average molecular weight is 476 g/mol. The number of nitrogens with zero attached hydrogens (tertiary/aromatic N) is 6. The van der Waals surface area contributed by atoms with Crippen molar-refractivity contribution in [2.45, 2.75) is 25.0 Å². The molecule has 2 atom stereocenters. The Morgan fingerprint density at radius 2 is 2.00 bits per heavy atom. The number of likely N-dealkylation sites (N-methyl/N-ethyl adjacent to an activating group) is 1. The third-order valence-electron chi connectivity index (χ3n) is 6.17. The summed E-state index contributed by atoms with van der Waals surface area (Å²) in [7, 11) is 3.61. The molecule has 1 aromatic carbocycles. The van der Waals surface area contributed by atoms with Crippen molar-refractivity contribution in [3.05, 3.63) is 65.4 Å². The number of amides is 1. The van der Waals surface area contributed by atoms with E-state index in [2.05, 4.69) is 20.4 Å². The van der Waals surface area contributed by atoms with E-state index in [1.165, 1.54) is 11.3 Å². The molecule has 1 saturated heterocycles. The third kappa shape index (κ3) is 3.95. The molecule has 0 radical (unpaired) electrons. The summed E-state index contributed by atoms with van der Waals surface area (Å²) >= 11 is 1.48. The molecule has 0 saturated carbocycles. The standard InChI is InChI=1S/C24H25N7O2S/c1-15(20-8-11-26-31(20)3)27-23-25-10-7-18(29-23)21-28-19(14-34-21)16-5-4-6-17(13-16)24(33)9-12-30(2)22(24)32/h4-8,10-11,13-15,33H,9,12H2,1-3H3,(H,25,27,29)/t15-,24+/m0/s1. The summed E-state index contributed by atoms with van der Waals surface area (Å²) in [6, 6.07) is 11.2. The van der Waals surface area contributed by atoms with Gasteiger partial charge in [0.05, 0.1) is 17.4 Å². The van der Waals surface area contributed by atoms with Crippen LogP contribution in [0, 0.1) is 0 Å². The minimum absolute atomic E-state index is 0.0134. The van der Waals surface area contributed by atoms with Gasteiger partial charge in [0.15, 0.2) is 5.60 Å². The van der Waals surface area contributed by atoms with Gasteiger partial charge in [-0.1, -0.05) is 18.2 Å². The molecule has 1 aliphatic heterocycles. The summed E-state index contributed by atoms with van der Waals surface area (Å²) < 4.78 is 1.82. The molecule has 4 aromatic rings. The lowest BCUT2D eigenvalue weighted by Crippen LogP contribution is -2.36. The van der Waals surface area contributed by atoms with Crippen molar-refractivity contribution >= 4 is 23.2 Å². The van der Waals surface area contributed by atoms with Gasteiger partial charge in [-0.15, -0.1) is 11.3 Å². The van der Waals surface area contributed by atoms with E-state index in [1.54, 1.807) is 30.4 Å². The number of thiazole rings is 1. The molecule has 9 nitrogen and oxygen atoms in total. The predicted octanol–water partition coefficient (Wildman–Crippen LogP) is 3.22. The van der Waals surface area contributed by atoms with E-state index < -0.39 is 5.60 Å². The second kappa shape index (κ2) is 8.62. The molecule has 174 valence electrons. The van der Waals surface area contributed by atoms with E-state index in [1.807, 2.05) is 54.4 Å². The number of aliphatic hydroxyl groups is 1. The van der Waals surface area contributed by atoms with Crippen LogP contribution >= 0.6 is 11.3 Å². The van der Waals surface area contributed by atoms with Crippen LogP contribution in [0.3, 0.4) is 0 Å². The largest absolute Gasteiger partial charge is 0.375 e. The monoisotopic (exact) mass is 475 g/mol. The van der Waals surface area contributed by atoms with Gasteiger partial charge in [-0.25, -0.2) is 15.0 Å². The SMILES string of the molecule is C[C@H](Nc1nccc(-c2nc(-c3cccc([C@]4(O)CCN(C)C4=O)c3)cs2)n1)c1ccnn1C. The molecule has 3 aromatic heterocycles. The molecular weight excluding hydrogens is 450 g/mol. The summed E-state index contributed by atoms with van der Waals surface area (Å²) in [5.74, 6) is 0.237. The topological polar surface area (TPSA) is 109 Å². The fraction of sp³-hybridized carbons (Fsp3) is 0.292. The highest BCUT2D eigenvalue weighted by atomic mass is 32.1. The number of aryl methyl sites for hydroxylation is 1. The fourth-order valence-corrected chi connectivity index (χ4v) is 5.00. The first kappa shape index (κ1) is 22.2. The van der Waals surface area contributed by atoms with Gasteiger partial charge in [0.2, 0.25) is 5.95 Å². The minimum Gasteiger partial charge on any atom is -0.375 e. The third-order valence-corrected chi connectivity index (χ3v) is 7.04. The molecule has 5 rings (SSSR count). The second-order valence-corrected chi connectivity index (χ2v) is 9.32. The molecule has 4 heterocycles. The number of hydrogen-bond donors (Lipinski definition) is 2. The van der Waals surface area contributed by atoms with Crippen LogP contribution in [0.2, 0.25) is 0 Å². The van der Waals surface area contributed by atoms with Crippen LogP contribution in [0.4, 0.5) is 5.95 Å². The molecule has 1 fully saturated rings. The van der Waals surface area contributed by atoms with Crippen LogP contribution in [0.1, 0.15) is 30.6 Å². The molecule has 10 heteroatoms. The molecule has 1 aliphatic rings. The molecular formula is C24H25N7O2S. The Morgan fingerprint density at radius 1 is 1.15 bits per heavy atom. The van der Waals surface area contributed by atoms with Gasteiger partial charge in [0, 0.05) is 50.4 Å². The van der Waals surface area contributed by atoms with Crippen LogP contribution in [-0.2, 0) is 17.4 Å². The van der Waals surface area contributed by atoms with E-state index in [4.69, 9.17) is 4.98 Å². The van der Waals surface area contributed by atoms with Gasteiger partial charge in [-0.3, -0.25) is 9.48 Å². The van der Waals surface area contributed by atoms with Crippen molar-refractivity contribution in [3.8, 4) is 22.0 Å². The number of nitrogens with one attached hydrogen (secondary N) is 1. The minimum atomic E-state index is -1.48. The van der Waals surface area contributed by atoms with Gasteiger partial charge < -0.3 is 15.3 Å². The van der Waals surface area contributed by atoms with Crippen LogP contribution in [-0.4, -0.2) is 54.2 Å². The second-order valence-electron chi connectivity index (χ2n) is 8.47. The van der Waals surface area contributed by atoms with E-state index in [0.717, 1.165) is 22.0 Å². The first-order valence-corrected chi connectivity index (χ1v) is 11.9. The van der Waals surface area contributed by atoms with Crippen molar-refractivity contribution in [2.24, 2.45) is 7.05 Å². The maximum Gasteiger partial charge on any atom is 0.258 e. The van der Waals surface area contributed by atoms with Crippen molar-refractivity contribution < 1.29 is 9.90 Å². The zero-order valence-corrected chi connectivity index (χ0v) is 20.0. The predicted molar refractivity (Wildman–Crippen MR) is 130 cm³/mol. The Labute approximate surface area is 201 Å². The lowest BCUT2D eigenvalue weighted by molar-refractivity contribution is -0.143. The Kier molecular flexibility index (Phi) is 5.62. The zero-order valence-electron chi connectivity index (χ0n) is 19.1. The van der Waals surface area contributed by atoms with Gasteiger partial charge >= 0.3 is 0 Å². The van der Waals surface area contributed by atoms with Gasteiger partial charge in [-0.05, 0) is 30.7 Å². The summed E-state index contributed by atoms with van der Waals surface area (Å²) in [5, 5.41) is 21.2. The van der Waals surface area contributed by atoms with E-state index in [9.17, 15) is 9.90 Å².